The molecule has 0 saturated heterocycles. The molecule has 0 saturated carbocycles. The second-order valence-corrected chi connectivity index (χ2v) is 14.7. The number of aliphatic imine (C=N–C) groups is 1. The average Bonchev–Trinajstić information content (AvgIpc) is 3.52. The second kappa shape index (κ2) is 18.3. The zero-order valence-corrected chi connectivity index (χ0v) is 29.8. The van der Waals surface area contributed by atoms with Gasteiger partial charge in [-0.05, 0) is 73.4 Å². The molecule has 1 aromatic heterocycles. The van der Waals surface area contributed by atoms with Crippen LogP contribution in [0.3, 0.4) is 0 Å². The van der Waals surface area contributed by atoms with Crippen LogP contribution in [-0.2, 0) is 28.6 Å². The van der Waals surface area contributed by atoms with Gasteiger partial charge in [-0.2, -0.15) is 16.8 Å². The van der Waals surface area contributed by atoms with E-state index < -0.39 is 20.2 Å². The highest BCUT2D eigenvalue weighted by Crippen LogP contribution is 2.31. The van der Waals surface area contributed by atoms with E-state index in [4.69, 9.17) is 18.1 Å². The van der Waals surface area contributed by atoms with Crippen molar-refractivity contribution in [1.82, 2.24) is 4.98 Å². The van der Waals surface area contributed by atoms with E-state index in [0.29, 0.717) is 32.5 Å². The van der Waals surface area contributed by atoms with Crippen molar-refractivity contribution in [3.63, 3.8) is 0 Å². The van der Waals surface area contributed by atoms with Crippen molar-refractivity contribution >= 4 is 61.6 Å². The molecule has 0 unspecified atom stereocenters. The van der Waals surface area contributed by atoms with Gasteiger partial charge in [0.1, 0.15) is 10.8 Å². The van der Waals surface area contributed by atoms with Crippen molar-refractivity contribution in [2.24, 2.45) is 4.99 Å². The lowest BCUT2D eigenvalue weighted by Gasteiger charge is -2.25. The standard InChI is InChI=1S/C33H39N3O7S3.ClH/c1-4-21-41-31-17-11-28(12-18-31)33-35-32(25-44-33)27-9-13-29(14-10-27)34-24-26-7-15-30(16-8-26)36(19-5-22-42-45(2,37)38)20-6-23-43-46(3,39)40;/h7-18,24-25H,4-6,19-23H2,1-3H3;1H. The van der Waals surface area contributed by atoms with E-state index in [1.165, 1.54) is 0 Å². The molecule has 0 atom stereocenters. The van der Waals surface area contributed by atoms with Crippen molar-refractivity contribution in [1.29, 1.82) is 0 Å². The number of nitrogens with zero attached hydrogens (tertiary/aromatic N) is 3. The summed E-state index contributed by atoms with van der Waals surface area (Å²) in [6, 6.07) is 23.7. The molecular formula is C33H40ClN3O7S3. The third kappa shape index (κ3) is 13.4. The lowest BCUT2D eigenvalue weighted by Crippen LogP contribution is -2.27. The Morgan fingerprint density at radius 2 is 1.36 bits per heavy atom. The fraction of sp³-hybridized carbons (Fsp3) is 0.333. The fourth-order valence-electron chi connectivity index (χ4n) is 4.39. The number of aromatic nitrogens is 1. The van der Waals surface area contributed by atoms with E-state index in [1.54, 1.807) is 17.6 Å². The fourth-order valence-corrected chi connectivity index (χ4v) is 6.07. The predicted octanol–water partition coefficient (Wildman–Crippen LogP) is 6.98. The smallest absolute Gasteiger partial charge is 0.264 e. The van der Waals surface area contributed by atoms with Gasteiger partial charge in [0.05, 0.1) is 43.7 Å². The second-order valence-electron chi connectivity index (χ2n) is 10.6. The SMILES string of the molecule is CCCOc1ccc(-c2nc(-c3ccc(N=Cc4ccc(N(CCCOS(C)(=O)=O)CCCOS(C)(=O)=O)cc4)cc3)cs2)cc1.Cl. The maximum absolute atomic E-state index is 11.3. The maximum atomic E-state index is 11.3. The summed E-state index contributed by atoms with van der Waals surface area (Å²) < 4.78 is 60.6. The molecule has 0 fully saturated rings. The van der Waals surface area contributed by atoms with Gasteiger partial charge in [-0.3, -0.25) is 13.4 Å². The van der Waals surface area contributed by atoms with Crippen molar-refractivity contribution < 1.29 is 29.9 Å². The lowest BCUT2D eigenvalue weighted by atomic mass is 10.1. The van der Waals surface area contributed by atoms with Crippen LogP contribution in [0.5, 0.6) is 5.75 Å². The largest absolute Gasteiger partial charge is 0.494 e. The molecule has 0 aliphatic rings. The molecule has 4 aromatic rings. The molecule has 0 N–H and O–H groups in total. The van der Waals surface area contributed by atoms with Crippen molar-refractivity contribution in [2.45, 2.75) is 26.2 Å². The number of anilines is 1. The number of hydrogen-bond donors (Lipinski definition) is 0. The Bertz CT molecular complexity index is 1740. The first kappa shape index (κ1) is 38.1. The van der Waals surface area contributed by atoms with Crippen LogP contribution in [0.4, 0.5) is 11.4 Å². The Kier molecular flexibility index (Phi) is 14.8. The zero-order valence-electron chi connectivity index (χ0n) is 26.6. The van der Waals surface area contributed by atoms with Gasteiger partial charge >= 0.3 is 0 Å². The molecule has 47 heavy (non-hydrogen) atoms. The zero-order chi connectivity index (χ0) is 33.0. The van der Waals surface area contributed by atoms with Gasteiger partial charge in [0.15, 0.2) is 0 Å². The highest BCUT2D eigenvalue weighted by Gasteiger charge is 2.10. The van der Waals surface area contributed by atoms with Crippen LogP contribution in [0.15, 0.2) is 83.2 Å². The van der Waals surface area contributed by atoms with Gasteiger partial charge in [-0.1, -0.05) is 31.2 Å². The first-order chi connectivity index (χ1) is 22.0. The maximum Gasteiger partial charge on any atom is 0.264 e. The highest BCUT2D eigenvalue weighted by atomic mass is 35.5. The summed E-state index contributed by atoms with van der Waals surface area (Å²) in [5.41, 5.74) is 5.60. The van der Waals surface area contributed by atoms with Gasteiger partial charge in [0.2, 0.25) is 0 Å². The normalized spacial score (nSPS) is 11.8. The van der Waals surface area contributed by atoms with Crippen LogP contribution in [0.2, 0.25) is 0 Å². The monoisotopic (exact) mass is 721 g/mol. The van der Waals surface area contributed by atoms with Gasteiger partial charge < -0.3 is 9.64 Å². The summed E-state index contributed by atoms with van der Waals surface area (Å²) in [5, 5.41) is 3.00. The van der Waals surface area contributed by atoms with Crippen LogP contribution >= 0.6 is 23.7 Å². The molecule has 0 aliphatic heterocycles. The van der Waals surface area contributed by atoms with Gasteiger partial charge in [0, 0.05) is 41.5 Å². The molecule has 14 heteroatoms. The Morgan fingerprint density at radius 1 is 0.787 bits per heavy atom. The van der Waals surface area contributed by atoms with Gasteiger partial charge in [-0.25, -0.2) is 4.98 Å². The lowest BCUT2D eigenvalue weighted by molar-refractivity contribution is 0.310. The van der Waals surface area contributed by atoms with E-state index in [-0.39, 0.29) is 25.6 Å². The summed E-state index contributed by atoms with van der Waals surface area (Å²) in [4.78, 5) is 11.5. The van der Waals surface area contributed by atoms with Crippen LogP contribution < -0.4 is 9.64 Å². The van der Waals surface area contributed by atoms with Crippen LogP contribution in [0.1, 0.15) is 31.7 Å². The van der Waals surface area contributed by atoms with E-state index in [2.05, 4.69) is 17.3 Å². The van der Waals surface area contributed by atoms with E-state index in [1.807, 2.05) is 77.7 Å². The van der Waals surface area contributed by atoms with E-state index in [9.17, 15) is 16.8 Å². The number of ether oxygens (including phenoxy) is 1. The molecule has 10 nitrogen and oxygen atoms in total. The topological polar surface area (TPSA) is 124 Å². The summed E-state index contributed by atoms with van der Waals surface area (Å²) in [6.45, 7) is 3.95. The van der Waals surface area contributed by atoms with Gasteiger partial charge in [-0.15, -0.1) is 23.7 Å². The summed E-state index contributed by atoms with van der Waals surface area (Å²) in [6.07, 6.45) is 5.75. The number of benzene rings is 3. The first-order valence-electron chi connectivity index (χ1n) is 14.9. The number of hydrogen-bond acceptors (Lipinski definition) is 11. The molecule has 3 aromatic carbocycles. The van der Waals surface area contributed by atoms with Gasteiger partial charge in [0.25, 0.3) is 20.2 Å². The Morgan fingerprint density at radius 3 is 1.91 bits per heavy atom. The molecule has 1 heterocycles. The minimum Gasteiger partial charge on any atom is -0.494 e. The number of thiazole rings is 1. The third-order valence-electron chi connectivity index (χ3n) is 6.60. The molecule has 0 aliphatic carbocycles. The molecule has 0 radical (unpaired) electrons. The Hall–Kier alpha value is -3.33. The third-order valence-corrected chi connectivity index (χ3v) is 8.68. The van der Waals surface area contributed by atoms with Crippen molar-refractivity contribution in [3.8, 4) is 27.6 Å². The minimum absolute atomic E-state index is 0. The van der Waals surface area contributed by atoms with E-state index in [0.717, 1.165) is 63.4 Å². The summed E-state index contributed by atoms with van der Waals surface area (Å²) in [7, 11) is -7.03. The van der Waals surface area contributed by atoms with Crippen molar-refractivity contribution in [2.75, 3.05) is 50.3 Å². The molecule has 254 valence electrons. The quantitative estimate of drug-likeness (QED) is 0.0608. The number of rotatable bonds is 18. The van der Waals surface area contributed by atoms with Crippen LogP contribution in [0.25, 0.3) is 21.8 Å². The molecule has 4 rings (SSSR count). The summed E-state index contributed by atoms with van der Waals surface area (Å²) >= 11 is 1.60. The Labute approximate surface area is 288 Å². The molecule has 0 spiro atoms. The van der Waals surface area contributed by atoms with Crippen molar-refractivity contribution in [3.05, 3.63) is 83.7 Å². The van der Waals surface area contributed by atoms with E-state index >= 15 is 0 Å². The molecular weight excluding hydrogens is 682 g/mol. The van der Waals surface area contributed by atoms with Crippen LogP contribution in [0, 0.1) is 0 Å². The molecule has 0 bridgehead atoms. The average molecular weight is 722 g/mol. The predicted molar refractivity (Wildman–Crippen MR) is 193 cm³/mol. The highest BCUT2D eigenvalue weighted by molar-refractivity contribution is 7.86. The molecule has 0 amide bonds. The number of halogens is 1. The minimum atomic E-state index is -3.51. The Balaban J connectivity index is 0.00000600. The van der Waals surface area contributed by atoms with Crippen LogP contribution in [-0.4, -0.2) is 73.5 Å². The summed E-state index contributed by atoms with van der Waals surface area (Å²) in [5.74, 6) is 0.862. The first-order valence-corrected chi connectivity index (χ1v) is 19.4.